The van der Waals surface area contributed by atoms with E-state index in [1.165, 1.54) is 0 Å². The van der Waals surface area contributed by atoms with Crippen molar-refractivity contribution < 1.29 is 19.0 Å². The number of hydrogen-bond donors (Lipinski definition) is 0. The largest absolute Gasteiger partial charge is 0.495 e. The van der Waals surface area contributed by atoms with Crippen LogP contribution in [0.15, 0.2) is 18.2 Å². The summed E-state index contributed by atoms with van der Waals surface area (Å²) in [4.78, 5) is 14.5. The minimum atomic E-state index is -0.243. The van der Waals surface area contributed by atoms with Crippen LogP contribution < -0.4 is 4.74 Å². The third kappa shape index (κ3) is 2.81. The van der Waals surface area contributed by atoms with Crippen LogP contribution in [0.4, 0.5) is 0 Å². The number of carbonyl (C=O) groups excluding carboxylic acids is 1. The first-order chi connectivity index (χ1) is 10.6. The molecule has 5 nitrogen and oxygen atoms in total. The van der Waals surface area contributed by atoms with Gasteiger partial charge in [-0.2, -0.15) is 0 Å². The van der Waals surface area contributed by atoms with Crippen molar-refractivity contribution in [3.8, 4) is 5.75 Å². The molecule has 1 aromatic rings. The molecule has 0 unspecified atom stereocenters. The highest BCUT2D eigenvalue weighted by Gasteiger charge is 2.46. The predicted octanol–water partition coefficient (Wildman–Crippen LogP) is 2.37. The summed E-state index contributed by atoms with van der Waals surface area (Å²) in [6.07, 6.45) is 1.82. The van der Waals surface area contributed by atoms with Gasteiger partial charge in [0.2, 0.25) is 0 Å². The van der Waals surface area contributed by atoms with Gasteiger partial charge in [0, 0.05) is 25.6 Å². The molecule has 1 amide bonds. The zero-order chi connectivity index (χ0) is 15.7. The van der Waals surface area contributed by atoms with Gasteiger partial charge in [-0.25, -0.2) is 0 Å². The summed E-state index contributed by atoms with van der Waals surface area (Å²) in [6.45, 7) is 1.90. The first-order valence-electron chi connectivity index (χ1n) is 7.36. The number of halogens is 1. The Bertz CT molecular complexity index is 579. The Morgan fingerprint density at radius 2 is 2.27 bits per heavy atom. The molecular weight excluding hydrogens is 306 g/mol. The lowest BCUT2D eigenvalue weighted by molar-refractivity contribution is 0.00702. The Balaban J connectivity index is 1.70. The van der Waals surface area contributed by atoms with Crippen molar-refractivity contribution in [2.24, 2.45) is 0 Å². The van der Waals surface area contributed by atoms with E-state index in [1.54, 1.807) is 32.4 Å². The lowest BCUT2D eigenvalue weighted by Gasteiger charge is -2.23. The van der Waals surface area contributed by atoms with Crippen LogP contribution in [0.5, 0.6) is 5.75 Å². The van der Waals surface area contributed by atoms with Crippen molar-refractivity contribution in [1.82, 2.24) is 4.90 Å². The third-order valence-electron chi connectivity index (χ3n) is 4.51. The second-order valence-electron chi connectivity index (χ2n) is 5.88. The van der Waals surface area contributed by atoms with Crippen molar-refractivity contribution in [3.63, 3.8) is 0 Å². The highest BCUT2D eigenvalue weighted by molar-refractivity contribution is 6.32. The molecule has 1 aromatic carbocycles. The minimum Gasteiger partial charge on any atom is -0.495 e. The minimum absolute atomic E-state index is 0.0223. The summed E-state index contributed by atoms with van der Waals surface area (Å²) in [6, 6.07) is 5.11. The number of methoxy groups -OCH3 is 2. The van der Waals surface area contributed by atoms with E-state index in [0.717, 1.165) is 12.8 Å². The summed E-state index contributed by atoms with van der Waals surface area (Å²) in [5.41, 5.74) is 0.330. The Labute approximate surface area is 135 Å². The number of nitrogens with zero attached hydrogens (tertiary/aromatic N) is 1. The van der Waals surface area contributed by atoms with Crippen molar-refractivity contribution in [2.45, 2.75) is 24.5 Å². The molecule has 2 aliphatic rings. The Morgan fingerprint density at radius 3 is 2.91 bits per heavy atom. The van der Waals surface area contributed by atoms with Gasteiger partial charge in [-0.05, 0) is 24.6 Å². The van der Waals surface area contributed by atoms with Crippen molar-refractivity contribution in [2.75, 3.05) is 33.9 Å². The molecule has 0 aliphatic carbocycles. The number of ether oxygens (including phenoxy) is 3. The van der Waals surface area contributed by atoms with Crippen LogP contribution in [-0.4, -0.2) is 56.4 Å². The maximum Gasteiger partial charge on any atom is 0.254 e. The molecule has 0 radical (unpaired) electrons. The molecule has 120 valence electrons. The second kappa shape index (κ2) is 6.07. The summed E-state index contributed by atoms with van der Waals surface area (Å²) in [5, 5.41) is 0.443. The topological polar surface area (TPSA) is 48.0 Å². The standard InChI is InChI=1S/C16H20ClNO4/c1-20-12-8-16(22-9-12)5-6-18(10-16)15(19)11-3-4-14(21-2)13(17)7-11/h3-4,7,12H,5-6,8-10H2,1-2H3/t12-,16-/m0/s1. The van der Waals surface area contributed by atoms with E-state index in [1.807, 2.05) is 4.90 Å². The molecule has 0 aromatic heterocycles. The molecular formula is C16H20ClNO4. The van der Waals surface area contributed by atoms with E-state index >= 15 is 0 Å². The molecule has 2 fully saturated rings. The number of amides is 1. The van der Waals surface area contributed by atoms with Crippen LogP contribution >= 0.6 is 11.6 Å². The average molecular weight is 326 g/mol. The lowest BCUT2D eigenvalue weighted by Crippen LogP contribution is -2.36. The molecule has 1 spiro atoms. The zero-order valence-corrected chi connectivity index (χ0v) is 13.6. The SMILES string of the molecule is COc1ccc(C(=O)N2CC[C@]3(C[C@H](OC)CO3)C2)cc1Cl. The molecule has 0 N–H and O–H groups in total. The van der Waals surface area contributed by atoms with Gasteiger partial charge in [-0.1, -0.05) is 11.6 Å². The van der Waals surface area contributed by atoms with Gasteiger partial charge in [0.15, 0.2) is 0 Å². The molecule has 3 rings (SSSR count). The quantitative estimate of drug-likeness (QED) is 0.856. The Morgan fingerprint density at radius 1 is 1.45 bits per heavy atom. The summed E-state index contributed by atoms with van der Waals surface area (Å²) >= 11 is 6.10. The number of hydrogen-bond acceptors (Lipinski definition) is 4. The number of benzene rings is 1. The van der Waals surface area contributed by atoms with Crippen molar-refractivity contribution in [1.29, 1.82) is 0 Å². The summed E-state index contributed by atoms with van der Waals surface area (Å²) in [7, 11) is 3.25. The number of likely N-dealkylation sites (tertiary alicyclic amines) is 1. The Kier molecular flexibility index (Phi) is 4.30. The second-order valence-corrected chi connectivity index (χ2v) is 6.29. The molecule has 2 atom stereocenters. The van der Waals surface area contributed by atoms with Gasteiger partial charge >= 0.3 is 0 Å². The molecule has 6 heteroatoms. The van der Waals surface area contributed by atoms with Gasteiger partial charge in [-0.15, -0.1) is 0 Å². The lowest BCUT2D eigenvalue weighted by atomic mass is 9.98. The monoisotopic (exact) mass is 325 g/mol. The fourth-order valence-corrected chi connectivity index (χ4v) is 3.50. The fraction of sp³-hybridized carbons (Fsp3) is 0.562. The Hall–Kier alpha value is -1.30. The van der Waals surface area contributed by atoms with E-state index in [2.05, 4.69) is 0 Å². The van der Waals surface area contributed by atoms with Crippen LogP contribution in [0.25, 0.3) is 0 Å². The van der Waals surface area contributed by atoms with E-state index in [-0.39, 0.29) is 17.6 Å². The maximum absolute atomic E-state index is 12.6. The molecule has 2 saturated heterocycles. The van der Waals surface area contributed by atoms with Crippen LogP contribution in [-0.2, 0) is 9.47 Å². The first-order valence-corrected chi connectivity index (χ1v) is 7.74. The van der Waals surface area contributed by atoms with Gasteiger partial charge in [0.1, 0.15) is 5.75 Å². The van der Waals surface area contributed by atoms with Crippen molar-refractivity contribution >= 4 is 17.5 Å². The van der Waals surface area contributed by atoms with Gasteiger partial charge < -0.3 is 19.1 Å². The van der Waals surface area contributed by atoms with E-state index in [4.69, 9.17) is 25.8 Å². The van der Waals surface area contributed by atoms with Gasteiger partial charge in [-0.3, -0.25) is 4.79 Å². The van der Waals surface area contributed by atoms with E-state index in [9.17, 15) is 4.79 Å². The molecule has 0 saturated carbocycles. The van der Waals surface area contributed by atoms with Gasteiger partial charge in [0.25, 0.3) is 5.91 Å². The highest BCUT2D eigenvalue weighted by Crippen LogP contribution is 2.36. The van der Waals surface area contributed by atoms with Gasteiger partial charge in [0.05, 0.1) is 37.0 Å². The van der Waals surface area contributed by atoms with Crippen LogP contribution in [0, 0.1) is 0 Å². The maximum atomic E-state index is 12.6. The van der Waals surface area contributed by atoms with E-state index < -0.39 is 0 Å². The van der Waals surface area contributed by atoms with Crippen LogP contribution in [0.2, 0.25) is 5.02 Å². The molecule has 0 bridgehead atoms. The summed E-state index contributed by atoms with van der Waals surface area (Å²) in [5.74, 6) is 0.545. The third-order valence-corrected chi connectivity index (χ3v) is 4.81. The fourth-order valence-electron chi connectivity index (χ4n) is 3.24. The molecule has 2 aliphatic heterocycles. The smallest absolute Gasteiger partial charge is 0.254 e. The van der Waals surface area contributed by atoms with E-state index in [0.29, 0.717) is 36.0 Å². The zero-order valence-electron chi connectivity index (χ0n) is 12.8. The summed E-state index contributed by atoms with van der Waals surface area (Å²) < 4.78 is 16.4. The average Bonchev–Trinajstić information content (AvgIpc) is 3.14. The van der Waals surface area contributed by atoms with Crippen LogP contribution in [0.1, 0.15) is 23.2 Å². The van der Waals surface area contributed by atoms with Crippen molar-refractivity contribution in [3.05, 3.63) is 28.8 Å². The molecule has 22 heavy (non-hydrogen) atoms. The van der Waals surface area contributed by atoms with Crippen LogP contribution in [0.3, 0.4) is 0 Å². The highest BCUT2D eigenvalue weighted by atomic mass is 35.5. The first kappa shape index (κ1) is 15.6. The number of carbonyl (C=O) groups is 1. The normalized spacial score (nSPS) is 27.6. The predicted molar refractivity (Wildman–Crippen MR) is 82.6 cm³/mol. The molecule has 2 heterocycles. The number of rotatable bonds is 3.